The molecule has 1 aromatic rings. The molecule has 1 aromatic heterocycles. The minimum atomic E-state index is 0.264. The highest BCUT2D eigenvalue weighted by atomic mass is 15.2. The van der Waals surface area contributed by atoms with Gasteiger partial charge in [-0.15, -0.1) is 0 Å². The Morgan fingerprint density at radius 1 is 1.29 bits per heavy atom. The van der Waals surface area contributed by atoms with Crippen molar-refractivity contribution in [3.63, 3.8) is 0 Å². The summed E-state index contributed by atoms with van der Waals surface area (Å²) in [5, 5.41) is 0. The van der Waals surface area contributed by atoms with Gasteiger partial charge in [0, 0.05) is 18.4 Å². The first-order valence-electron chi connectivity index (χ1n) is 6.66. The monoisotopic (exact) mass is 235 g/mol. The molecule has 1 unspecified atom stereocenters. The van der Waals surface area contributed by atoms with E-state index in [0.717, 1.165) is 6.42 Å². The number of nitrogens with one attached hydrogen (secondary N) is 1. The van der Waals surface area contributed by atoms with Crippen molar-refractivity contribution < 1.29 is 0 Å². The van der Waals surface area contributed by atoms with Crippen LogP contribution in [0, 0.1) is 6.92 Å². The Kier molecular flexibility index (Phi) is 6.82. The van der Waals surface area contributed by atoms with Gasteiger partial charge in [0.25, 0.3) is 0 Å². The molecule has 0 fully saturated rings. The Morgan fingerprint density at radius 3 is 2.71 bits per heavy atom. The van der Waals surface area contributed by atoms with E-state index in [-0.39, 0.29) is 6.04 Å². The van der Waals surface area contributed by atoms with Gasteiger partial charge in [0.2, 0.25) is 0 Å². The van der Waals surface area contributed by atoms with E-state index in [1.165, 1.54) is 43.2 Å². The lowest BCUT2D eigenvalue weighted by molar-refractivity contribution is 0.477. The van der Waals surface area contributed by atoms with Crippen LogP contribution in [-0.4, -0.2) is 4.98 Å². The largest absolute Gasteiger partial charge is 0.271 e. The number of nitrogens with two attached hydrogens (primary N) is 1. The zero-order valence-corrected chi connectivity index (χ0v) is 11.1. The molecule has 1 heterocycles. The number of unbranched alkanes of at least 4 members (excludes halogenated alkanes) is 4. The average Bonchev–Trinajstić information content (AvgIpc) is 2.35. The number of pyridine rings is 1. The van der Waals surface area contributed by atoms with Crippen molar-refractivity contribution in [1.82, 2.24) is 10.4 Å². The SMILES string of the molecule is CCCCCCCC(NN)c1ccncc1C. The molecule has 0 bridgehead atoms. The summed E-state index contributed by atoms with van der Waals surface area (Å²) in [6, 6.07) is 2.32. The van der Waals surface area contributed by atoms with Crippen molar-refractivity contribution in [1.29, 1.82) is 0 Å². The maximum absolute atomic E-state index is 5.64. The van der Waals surface area contributed by atoms with Crippen LogP contribution in [0.5, 0.6) is 0 Å². The number of aromatic nitrogens is 1. The minimum absolute atomic E-state index is 0.264. The molecule has 3 N–H and O–H groups in total. The van der Waals surface area contributed by atoms with Gasteiger partial charge in [-0.05, 0) is 30.5 Å². The van der Waals surface area contributed by atoms with Gasteiger partial charge in [-0.1, -0.05) is 39.0 Å². The molecule has 0 radical (unpaired) electrons. The third kappa shape index (κ3) is 4.84. The van der Waals surface area contributed by atoms with E-state index in [0.29, 0.717) is 0 Å². The predicted molar refractivity (Wildman–Crippen MR) is 72.4 cm³/mol. The number of nitrogens with zero attached hydrogens (tertiary/aromatic N) is 1. The molecule has 0 aliphatic heterocycles. The molecule has 0 aliphatic rings. The zero-order chi connectivity index (χ0) is 12.5. The van der Waals surface area contributed by atoms with Crippen molar-refractivity contribution in [2.45, 2.75) is 58.4 Å². The maximum atomic E-state index is 5.64. The van der Waals surface area contributed by atoms with Crippen LogP contribution in [-0.2, 0) is 0 Å². The third-order valence-corrected chi connectivity index (χ3v) is 3.24. The van der Waals surface area contributed by atoms with Crippen LogP contribution in [0.4, 0.5) is 0 Å². The lowest BCUT2D eigenvalue weighted by atomic mass is 9.98. The summed E-state index contributed by atoms with van der Waals surface area (Å²) >= 11 is 0. The second-order valence-electron chi connectivity index (χ2n) is 4.65. The van der Waals surface area contributed by atoms with Gasteiger partial charge >= 0.3 is 0 Å². The van der Waals surface area contributed by atoms with Gasteiger partial charge < -0.3 is 0 Å². The lowest BCUT2D eigenvalue weighted by Gasteiger charge is -2.18. The molecule has 1 atom stereocenters. The van der Waals surface area contributed by atoms with Crippen LogP contribution in [0.3, 0.4) is 0 Å². The van der Waals surface area contributed by atoms with Gasteiger partial charge in [-0.2, -0.15) is 0 Å². The summed E-state index contributed by atoms with van der Waals surface area (Å²) in [7, 11) is 0. The number of rotatable bonds is 8. The smallest absolute Gasteiger partial charge is 0.0463 e. The molecule has 17 heavy (non-hydrogen) atoms. The number of hydrogen-bond donors (Lipinski definition) is 2. The summed E-state index contributed by atoms with van der Waals surface area (Å²) in [5.74, 6) is 5.64. The van der Waals surface area contributed by atoms with E-state index in [1.54, 1.807) is 0 Å². The molecule has 0 amide bonds. The molecular weight excluding hydrogens is 210 g/mol. The molecule has 0 saturated heterocycles. The summed E-state index contributed by atoms with van der Waals surface area (Å²) in [5.41, 5.74) is 5.41. The van der Waals surface area contributed by atoms with Crippen LogP contribution in [0.15, 0.2) is 18.5 Å². The summed E-state index contributed by atoms with van der Waals surface area (Å²) in [4.78, 5) is 4.11. The molecule has 96 valence electrons. The van der Waals surface area contributed by atoms with E-state index in [1.807, 2.05) is 12.4 Å². The molecule has 0 saturated carbocycles. The lowest BCUT2D eigenvalue weighted by Crippen LogP contribution is -2.28. The number of hydrazine groups is 1. The molecule has 0 spiro atoms. The standard InChI is InChI=1S/C14H25N3/c1-3-4-5-6-7-8-14(17-15)13-9-10-16-11-12(13)2/h9-11,14,17H,3-8,15H2,1-2H3. The molecule has 0 aromatic carbocycles. The third-order valence-electron chi connectivity index (χ3n) is 3.24. The fraction of sp³-hybridized carbons (Fsp3) is 0.643. The topological polar surface area (TPSA) is 50.9 Å². The Balaban J connectivity index is 2.41. The molecule has 3 heteroatoms. The Hall–Kier alpha value is -0.930. The fourth-order valence-electron chi connectivity index (χ4n) is 2.16. The zero-order valence-electron chi connectivity index (χ0n) is 11.1. The molecule has 3 nitrogen and oxygen atoms in total. The van der Waals surface area contributed by atoms with E-state index in [9.17, 15) is 0 Å². The highest BCUT2D eigenvalue weighted by molar-refractivity contribution is 5.25. The highest BCUT2D eigenvalue weighted by Gasteiger charge is 2.11. The van der Waals surface area contributed by atoms with E-state index in [4.69, 9.17) is 5.84 Å². The quantitative estimate of drug-likeness (QED) is 0.413. The Morgan fingerprint density at radius 2 is 2.06 bits per heavy atom. The molecule has 0 aliphatic carbocycles. The van der Waals surface area contributed by atoms with Crippen molar-refractivity contribution in [2.24, 2.45) is 5.84 Å². The normalized spacial score (nSPS) is 12.6. The van der Waals surface area contributed by atoms with Crippen molar-refractivity contribution in [3.8, 4) is 0 Å². The average molecular weight is 235 g/mol. The fourth-order valence-corrected chi connectivity index (χ4v) is 2.16. The van der Waals surface area contributed by atoms with E-state index < -0.39 is 0 Å². The van der Waals surface area contributed by atoms with E-state index >= 15 is 0 Å². The van der Waals surface area contributed by atoms with Gasteiger partial charge in [0.15, 0.2) is 0 Å². The van der Waals surface area contributed by atoms with Crippen LogP contribution < -0.4 is 11.3 Å². The van der Waals surface area contributed by atoms with Crippen LogP contribution in [0.2, 0.25) is 0 Å². The van der Waals surface area contributed by atoms with Gasteiger partial charge in [0.1, 0.15) is 0 Å². The van der Waals surface area contributed by atoms with Gasteiger partial charge in [0.05, 0.1) is 0 Å². The molecular formula is C14H25N3. The van der Waals surface area contributed by atoms with Crippen LogP contribution in [0.1, 0.15) is 62.6 Å². The van der Waals surface area contributed by atoms with Crippen molar-refractivity contribution >= 4 is 0 Å². The number of aryl methyl sites for hydroxylation is 1. The van der Waals surface area contributed by atoms with Gasteiger partial charge in [-0.3, -0.25) is 16.3 Å². The van der Waals surface area contributed by atoms with Crippen molar-refractivity contribution in [3.05, 3.63) is 29.6 Å². The Bertz CT molecular complexity index is 312. The Labute approximate surface area is 105 Å². The van der Waals surface area contributed by atoms with Crippen LogP contribution >= 0.6 is 0 Å². The summed E-state index contributed by atoms with van der Waals surface area (Å²) < 4.78 is 0. The summed E-state index contributed by atoms with van der Waals surface area (Å²) in [6.45, 7) is 4.33. The van der Waals surface area contributed by atoms with Crippen LogP contribution in [0.25, 0.3) is 0 Å². The first kappa shape index (κ1) is 14.1. The first-order valence-corrected chi connectivity index (χ1v) is 6.66. The minimum Gasteiger partial charge on any atom is -0.271 e. The maximum Gasteiger partial charge on any atom is 0.0463 e. The highest BCUT2D eigenvalue weighted by Crippen LogP contribution is 2.21. The number of hydrogen-bond acceptors (Lipinski definition) is 3. The van der Waals surface area contributed by atoms with Gasteiger partial charge in [-0.25, -0.2) is 0 Å². The first-order chi connectivity index (χ1) is 8.29. The van der Waals surface area contributed by atoms with Crippen molar-refractivity contribution in [2.75, 3.05) is 0 Å². The second-order valence-corrected chi connectivity index (χ2v) is 4.65. The predicted octanol–water partition coefficient (Wildman–Crippen LogP) is 3.25. The van der Waals surface area contributed by atoms with E-state index in [2.05, 4.69) is 30.3 Å². The summed E-state index contributed by atoms with van der Waals surface area (Å²) in [6.07, 6.45) is 11.3. The molecule has 1 rings (SSSR count). The second kappa shape index (κ2) is 8.20.